The molecule has 2 aliphatic heterocycles. The zero-order valence-electron chi connectivity index (χ0n) is 28.0. The fourth-order valence-electron chi connectivity index (χ4n) is 6.92. The molecule has 2 aromatic heterocycles. The first-order chi connectivity index (χ1) is 23.0. The highest BCUT2D eigenvalue weighted by Gasteiger charge is 2.50. The van der Waals surface area contributed by atoms with Gasteiger partial charge < -0.3 is 29.5 Å². The summed E-state index contributed by atoms with van der Waals surface area (Å²) >= 11 is 0. The maximum absolute atomic E-state index is 14.5. The van der Waals surface area contributed by atoms with E-state index in [0.717, 1.165) is 61.8 Å². The van der Waals surface area contributed by atoms with Crippen molar-refractivity contribution in [2.24, 2.45) is 0 Å². The van der Waals surface area contributed by atoms with Crippen LogP contribution in [0.1, 0.15) is 73.6 Å². The molecule has 3 aliphatic rings. The third-order valence-corrected chi connectivity index (χ3v) is 9.34. The van der Waals surface area contributed by atoms with Crippen LogP contribution in [0.2, 0.25) is 0 Å². The van der Waals surface area contributed by atoms with Crippen LogP contribution in [0.5, 0.6) is 17.2 Å². The molecule has 1 aliphatic carbocycles. The van der Waals surface area contributed by atoms with Crippen molar-refractivity contribution >= 4 is 11.7 Å². The summed E-state index contributed by atoms with van der Waals surface area (Å²) in [5.74, 6) is -2.16. The second-order valence-electron chi connectivity index (χ2n) is 13.5. The molecular weight excluding hydrogens is 623 g/mol. The van der Waals surface area contributed by atoms with Gasteiger partial charge >= 0.3 is 0 Å². The van der Waals surface area contributed by atoms with Crippen LogP contribution in [0.3, 0.4) is 0 Å². The number of hydrogen-bond acceptors (Lipinski definition) is 9. The number of pyridine rings is 1. The molecule has 2 fully saturated rings. The third kappa shape index (κ3) is 7.52. The molecule has 1 aromatic carbocycles. The van der Waals surface area contributed by atoms with Gasteiger partial charge in [-0.15, -0.1) is 0 Å². The van der Waals surface area contributed by atoms with Crippen LogP contribution in [0, 0.1) is 5.82 Å². The number of nitrogens with one attached hydrogen (secondary N) is 1. The summed E-state index contributed by atoms with van der Waals surface area (Å²) in [6.45, 7) is 6.64. The molecule has 0 bridgehead atoms. The van der Waals surface area contributed by atoms with Gasteiger partial charge in [-0.2, -0.15) is 0 Å². The van der Waals surface area contributed by atoms with E-state index in [2.05, 4.69) is 44.2 Å². The number of alkyl halides is 2. The Labute approximate surface area is 279 Å². The Morgan fingerprint density at radius 3 is 2.58 bits per heavy atom. The molecule has 3 aromatic rings. The van der Waals surface area contributed by atoms with Gasteiger partial charge in [0.1, 0.15) is 29.7 Å². The van der Waals surface area contributed by atoms with E-state index in [0.29, 0.717) is 24.7 Å². The number of amides is 1. The standard InChI is InChI=1S/C35H44F3N7O3/c1-22(2)45(24-18-35(37,38)19-24)34(46)26-17-23(36)5-6-29(26)48-31-20-39-21-42-33(31)44-15-9-25(10-16-44)47-30-8-13-41-27-7-12-40-28(32(27)30)11-14-43(3)4/h5-6,8,13,17,20-22,24-25,28,40H,7,9-12,14-16,18-19H2,1-4H3/t28-/m0/s1. The molecule has 13 heteroatoms. The SMILES string of the molecule is CC(C)N(C(=O)c1cc(F)ccc1Oc1cncnc1N1CCC(Oc2ccnc3c2[C@H](CCN(C)C)NCC3)CC1)C1CC(F)(F)C1. The van der Waals surface area contributed by atoms with Crippen LogP contribution >= 0.6 is 0 Å². The van der Waals surface area contributed by atoms with Gasteiger partial charge in [-0.25, -0.2) is 23.1 Å². The minimum Gasteiger partial charge on any atom is -0.490 e. The molecule has 48 heavy (non-hydrogen) atoms. The second kappa shape index (κ2) is 14.3. The lowest BCUT2D eigenvalue weighted by atomic mass is 9.85. The number of piperidine rings is 1. The van der Waals surface area contributed by atoms with Gasteiger partial charge in [-0.1, -0.05) is 0 Å². The summed E-state index contributed by atoms with van der Waals surface area (Å²) < 4.78 is 54.8. The summed E-state index contributed by atoms with van der Waals surface area (Å²) in [4.78, 5) is 32.7. The maximum atomic E-state index is 14.5. The normalized spacial score (nSPS) is 19.6. The van der Waals surface area contributed by atoms with E-state index in [4.69, 9.17) is 9.47 Å². The van der Waals surface area contributed by atoms with Gasteiger partial charge in [0.15, 0.2) is 11.6 Å². The fourth-order valence-corrected chi connectivity index (χ4v) is 6.92. The smallest absolute Gasteiger partial charge is 0.258 e. The minimum atomic E-state index is -2.81. The number of rotatable bonds is 11. The number of fused-ring (bicyclic) bond motifs is 1. The maximum Gasteiger partial charge on any atom is 0.258 e. The van der Waals surface area contributed by atoms with Crippen molar-refractivity contribution in [2.75, 3.05) is 45.2 Å². The van der Waals surface area contributed by atoms with Gasteiger partial charge in [0.25, 0.3) is 11.8 Å². The van der Waals surface area contributed by atoms with E-state index < -0.39 is 36.5 Å². The predicted octanol–water partition coefficient (Wildman–Crippen LogP) is 5.64. The lowest BCUT2D eigenvalue weighted by Crippen LogP contribution is -2.55. The van der Waals surface area contributed by atoms with Gasteiger partial charge in [-0.05, 0) is 65.2 Å². The molecule has 0 unspecified atom stereocenters. The predicted molar refractivity (Wildman–Crippen MR) is 175 cm³/mol. The van der Waals surface area contributed by atoms with Crippen molar-refractivity contribution in [3.8, 4) is 17.2 Å². The van der Waals surface area contributed by atoms with E-state index in [9.17, 15) is 18.0 Å². The zero-order chi connectivity index (χ0) is 34.0. The van der Waals surface area contributed by atoms with Crippen LogP contribution in [-0.4, -0.2) is 95.0 Å². The van der Waals surface area contributed by atoms with Crippen molar-refractivity contribution in [3.05, 3.63) is 65.6 Å². The molecule has 0 spiro atoms. The van der Waals surface area contributed by atoms with Gasteiger partial charge in [0.2, 0.25) is 0 Å². The quantitative estimate of drug-likeness (QED) is 0.279. The Balaban J connectivity index is 1.15. The molecule has 1 saturated carbocycles. The third-order valence-electron chi connectivity index (χ3n) is 9.34. The molecule has 258 valence electrons. The highest BCUT2D eigenvalue weighted by molar-refractivity contribution is 5.97. The van der Waals surface area contributed by atoms with Gasteiger partial charge in [0, 0.05) is 81.6 Å². The topological polar surface area (TPSA) is 96.0 Å². The van der Waals surface area contributed by atoms with Gasteiger partial charge in [0.05, 0.1) is 17.5 Å². The molecule has 1 amide bonds. The van der Waals surface area contributed by atoms with E-state index in [1.54, 1.807) is 13.8 Å². The number of hydrogen-bond donors (Lipinski definition) is 1. The molecular formula is C35H44F3N7O3. The zero-order valence-corrected chi connectivity index (χ0v) is 28.0. The molecule has 1 saturated heterocycles. The van der Waals surface area contributed by atoms with Crippen molar-refractivity contribution in [2.45, 2.75) is 82.5 Å². The Morgan fingerprint density at radius 1 is 1.10 bits per heavy atom. The summed E-state index contributed by atoms with van der Waals surface area (Å²) in [5, 5.41) is 3.65. The molecule has 6 rings (SSSR count). The Hall–Kier alpha value is -3.97. The van der Waals surface area contributed by atoms with E-state index in [1.807, 2.05) is 12.3 Å². The first-order valence-electron chi connectivity index (χ1n) is 16.7. The average Bonchev–Trinajstić information content (AvgIpc) is 3.04. The molecule has 10 nitrogen and oxygen atoms in total. The van der Waals surface area contributed by atoms with Crippen LogP contribution in [0.4, 0.5) is 19.0 Å². The number of anilines is 1. The molecule has 1 atom stereocenters. The number of carbonyl (C=O) groups excluding carboxylic acids is 1. The number of ether oxygens (including phenoxy) is 2. The number of carbonyl (C=O) groups is 1. The highest BCUT2D eigenvalue weighted by Crippen LogP contribution is 2.43. The Kier molecular flexibility index (Phi) is 10.1. The van der Waals surface area contributed by atoms with Crippen molar-refractivity contribution < 1.29 is 27.4 Å². The molecule has 1 N–H and O–H groups in total. The number of nitrogens with zero attached hydrogens (tertiary/aromatic N) is 6. The summed E-state index contributed by atoms with van der Waals surface area (Å²) in [7, 11) is 4.15. The fraction of sp³-hybridized carbons (Fsp3) is 0.543. The monoisotopic (exact) mass is 667 g/mol. The highest BCUT2D eigenvalue weighted by atomic mass is 19.3. The Bertz CT molecular complexity index is 1590. The summed E-state index contributed by atoms with van der Waals surface area (Å²) in [6, 6.07) is 4.82. The number of benzene rings is 1. The van der Waals surface area contributed by atoms with Crippen LogP contribution in [0.25, 0.3) is 0 Å². The van der Waals surface area contributed by atoms with E-state index in [-0.39, 0.29) is 29.5 Å². The lowest BCUT2D eigenvalue weighted by Gasteiger charge is -2.44. The van der Waals surface area contributed by atoms with Crippen molar-refractivity contribution in [1.82, 2.24) is 30.1 Å². The molecule has 4 heterocycles. The van der Waals surface area contributed by atoms with Gasteiger partial charge in [-0.3, -0.25) is 9.78 Å². The second-order valence-corrected chi connectivity index (χ2v) is 13.5. The van der Waals surface area contributed by atoms with E-state index in [1.165, 1.54) is 29.6 Å². The first kappa shape index (κ1) is 33.9. The van der Waals surface area contributed by atoms with Crippen LogP contribution < -0.4 is 19.7 Å². The van der Waals surface area contributed by atoms with Crippen molar-refractivity contribution in [3.63, 3.8) is 0 Å². The largest absolute Gasteiger partial charge is 0.490 e. The Morgan fingerprint density at radius 2 is 1.88 bits per heavy atom. The van der Waals surface area contributed by atoms with Crippen molar-refractivity contribution in [1.29, 1.82) is 0 Å². The number of halogens is 3. The average molecular weight is 668 g/mol. The summed E-state index contributed by atoms with van der Waals surface area (Å²) in [6.07, 6.45) is 7.25. The molecule has 0 radical (unpaired) electrons. The van der Waals surface area contributed by atoms with Crippen LogP contribution in [-0.2, 0) is 6.42 Å². The minimum absolute atomic E-state index is 0.00222. The number of aromatic nitrogens is 3. The summed E-state index contributed by atoms with van der Waals surface area (Å²) in [5.41, 5.74) is 2.21. The lowest BCUT2D eigenvalue weighted by molar-refractivity contribution is -0.120. The van der Waals surface area contributed by atoms with E-state index >= 15 is 0 Å². The van der Waals surface area contributed by atoms with Crippen LogP contribution in [0.15, 0.2) is 43.0 Å². The first-order valence-corrected chi connectivity index (χ1v) is 16.7.